The normalized spacial score (nSPS) is 20.8. The molecule has 2 heterocycles. The second kappa shape index (κ2) is 10.5. The molecule has 5 rings (SSSR count). The summed E-state index contributed by atoms with van der Waals surface area (Å²) in [6.45, 7) is 5.36. The molecule has 10 heteroatoms. The largest absolute Gasteiger partial charge is 0.444 e. The highest BCUT2D eigenvalue weighted by Crippen LogP contribution is 2.43. The maximum atomic E-state index is 15.2. The van der Waals surface area contributed by atoms with Gasteiger partial charge in [-0.25, -0.2) is 14.2 Å². The molecule has 0 unspecified atom stereocenters. The fourth-order valence-electron chi connectivity index (χ4n) is 6.00. The molecule has 4 atom stereocenters. The average Bonchev–Trinajstić information content (AvgIpc) is 3.61. The zero-order valence-corrected chi connectivity index (χ0v) is 23.5. The topological polar surface area (TPSA) is 112 Å². The molecule has 40 heavy (non-hydrogen) atoms. The van der Waals surface area contributed by atoms with Crippen molar-refractivity contribution in [3.05, 3.63) is 47.8 Å². The van der Waals surface area contributed by atoms with Gasteiger partial charge in [-0.1, -0.05) is 18.2 Å². The van der Waals surface area contributed by atoms with Crippen LogP contribution in [0.5, 0.6) is 0 Å². The number of nitrogens with one attached hydrogen (secondary N) is 2. The van der Waals surface area contributed by atoms with Crippen molar-refractivity contribution in [2.75, 3.05) is 12.4 Å². The molecule has 0 radical (unpaired) electrons. The molecule has 1 aliphatic carbocycles. The van der Waals surface area contributed by atoms with Crippen molar-refractivity contribution < 1.29 is 18.7 Å². The maximum Gasteiger partial charge on any atom is 0.411 e. The molecular formula is C30H35FN6O3. The highest BCUT2D eigenvalue weighted by Gasteiger charge is 2.52. The number of halogens is 1. The molecular weight excluding hydrogens is 511 g/mol. The number of aryl methyl sites for hydroxylation is 1. The van der Waals surface area contributed by atoms with E-state index >= 15 is 4.39 Å². The molecule has 1 aliphatic heterocycles. The minimum Gasteiger partial charge on any atom is -0.444 e. The summed E-state index contributed by atoms with van der Waals surface area (Å²) in [5, 5.41) is 15.6. The van der Waals surface area contributed by atoms with Gasteiger partial charge in [-0.3, -0.25) is 9.69 Å². The molecule has 9 nitrogen and oxygen atoms in total. The number of rotatable bonds is 6. The molecule has 3 aromatic rings. The molecule has 1 saturated heterocycles. The Hall–Kier alpha value is -4.13. The van der Waals surface area contributed by atoms with Gasteiger partial charge in [-0.05, 0) is 80.8 Å². The van der Waals surface area contributed by atoms with Gasteiger partial charge in [0.25, 0.3) is 0 Å². The molecule has 0 spiro atoms. The summed E-state index contributed by atoms with van der Waals surface area (Å²) in [4.78, 5) is 32.4. The van der Waals surface area contributed by atoms with Crippen LogP contribution in [0.2, 0.25) is 0 Å². The maximum absolute atomic E-state index is 15.2. The van der Waals surface area contributed by atoms with E-state index in [0.717, 1.165) is 41.8 Å². The number of nitrogens with zero attached hydrogens (tertiary/aromatic N) is 4. The number of piperidine rings is 1. The van der Waals surface area contributed by atoms with Crippen LogP contribution in [0.4, 0.5) is 15.1 Å². The molecule has 1 saturated carbocycles. The van der Waals surface area contributed by atoms with Gasteiger partial charge in [0, 0.05) is 26.6 Å². The van der Waals surface area contributed by atoms with Crippen LogP contribution in [0.15, 0.2) is 36.4 Å². The van der Waals surface area contributed by atoms with Crippen molar-refractivity contribution in [2.45, 2.75) is 70.2 Å². The summed E-state index contributed by atoms with van der Waals surface area (Å²) in [6, 6.07) is 11.1. The predicted octanol–water partition coefficient (Wildman–Crippen LogP) is 4.76. The number of nitriles is 1. The Bertz CT molecular complexity index is 1500. The van der Waals surface area contributed by atoms with Crippen LogP contribution in [0, 0.1) is 23.1 Å². The summed E-state index contributed by atoms with van der Waals surface area (Å²) in [7, 11) is 3.73. The van der Waals surface area contributed by atoms with Gasteiger partial charge in [-0.2, -0.15) is 5.26 Å². The number of ether oxygens (including phenoxy) is 1. The van der Waals surface area contributed by atoms with Crippen molar-refractivity contribution in [1.29, 1.82) is 5.26 Å². The lowest BCUT2D eigenvalue weighted by atomic mass is 9.97. The van der Waals surface area contributed by atoms with Gasteiger partial charge in [0.05, 0.1) is 17.1 Å². The number of imidazole rings is 1. The van der Waals surface area contributed by atoms with Crippen LogP contribution in [-0.2, 0) is 23.0 Å². The predicted molar refractivity (Wildman–Crippen MR) is 150 cm³/mol. The van der Waals surface area contributed by atoms with Crippen molar-refractivity contribution >= 4 is 29.0 Å². The van der Waals surface area contributed by atoms with E-state index in [-0.39, 0.29) is 18.4 Å². The number of aromatic nitrogens is 2. The fourth-order valence-corrected chi connectivity index (χ4v) is 6.00. The van der Waals surface area contributed by atoms with Crippen molar-refractivity contribution in [1.82, 2.24) is 19.8 Å². The van der Waals surface area contributed by atoms with Gasteiger partial charge in [-0.15, -0.1) is 0 Å². The van der Waals surface area contributed by atoms with Crippen LogP contribution in [0.25, 0.3) is 22.2 Å². The molecule has 2 amide bonds. The average molecular weight is 547 g/mol. The third-order valence-electron chi connectivity index (χ3n) is 7.85. The van der Waals surface area contributed by atoms with E-state index in [0.29, 0.717) is 11.1 Å². The smallest absolute Gasteiger partial charge is 0.411 e. The Balaban J connectivity index is 1.29. The first kappa shape index (κ1) is 27.4. The van der Waals surface area contributed by atoms with Crippen LogP contribution in [-0.4, -0.2) is 57.2 Å². The summed E-state index contributed by atoms with van der Waals surface area (Å²) >= 11 is 0. The van der Waals surface area contributed by atoms with E-state index < -0.39 is 35.5 Å². The zero-order chi connectivity index (χ0) is 28.8. The van der Waals surface area contributed by atoms with Crippen molar-refractivity contribution in [2.24, 2.45) is 13.0 Å². The Morgan fingerprint density at radius 3 is 2.60 bits per heavy atom. The minimum atomic E-state index is -0.947. The molecule has 1 aromatic heterocycles. The first-order chi connectivity index (χ1) is 19.0. The van der Waals surface area contributed by atoms with E-state index in [1.807, 2.05) is 36.9 Å². The zero-order valence-electron chi connectivity index (χ0n) is 23.5. The molecule has 2 N–H and O–H groups in total. The Morgan fingerprint density at radius 1 is 1.20 bits per heavy atom. The van der Waals surface area contributed by atoms with Crippen LogP contribution < -0.4 is 10.6 Å². The number of carbonyl (C=O) groups excluding carboxylic acids is 2. The first-order valence-electron chi connectivity index (χ1n) is 13.6. The number of fused-ring (bicyclic) bond motifs is 3. The highest BCUT2D eigenvalue weighted by molar-refractivity contribution is 5.88. The summed E-state index contributed by atoms with van der Waals surface area (Å²) < 4.78 is 22.7. The second-order valence-corrected chi connectivity index (χ2v) is 11.7. The minimum absolute atomic E-state index is 0.00636. The fraction of sp³-hybridized carbons (Fsp3) is 0.467. The molecule has 2 aromatic carbocycles. The van der Waals surface area contributed by atoms with Gasteiger partial charge in [0.2, 0.25) is 11.9 Å². The van der Waals surface area contributed by atoms with Gasteiger partial charge in [0.1, 0.15) is 23.5 Å². The number of likely N-dealkylation sites (tertiary alicyclic amines) is 1. The van der Waals surface area contributed by atoms with E-state index in [2.05, 4.69) is 21.7 Å². The van der Waals surface area contributed by atoms with Gasteiger partial charge >= 0.3 is 6.09 Å². The van der Waals surface area contributed by atoms with E-state index in [1.54, 1.807) is 32.9 Å². The van der Waals surface area contributed by atoms with Gasteiger partial charge < -0.3 is 19.9 Å². The quantitative estimate of drug-likeness (QED) is 0.461. The van der Waals surface area contributed by atoms with Crippen LogP contribution >= 0.6 is 0 Å². The standard InChI is InChI=1S/C30H35FN6O3/c1-30(2,3)40-29(39)37-22-10-8-20(13-22)26(37)27(38)34-21(16-32)12-19-7-6-17(14-23(19)31)18-9-11-25-24(15-18)35-28(33-4)36(25)5/h6-7,9,11,14-15,20-22,26H,8,10,12-13H2,1-5H3,(H,33,35)(H,34,38)/t20-,21-,22+,26-/m0/s1. The Kier molecular flexibility index (Phi) is 7.17. The third kappa shape index (κ3) is 5.20. The van der Waals surface area contributed by atoms with Gasteiger partial charge in [0.15, 0.2) is 0 Å². The molecule has 210 valence electrons. The van der Waals surface area contributed by atoms with E-state index in [9.17, 15) is 14.9 Å². The van der Waals surface area contributed by atoms with Crippen LogP contribution in [0.1, 0.15) is 45.6 Å². The molecule has 2 bridgehead atoms. The summed E-state index contributed by atoms with van der Waals surface area (Å²) in [5.41, 5.74) is 2.90. The number of anilines is 1. The van der Waals surface area contributed by atoms with Crippen LogP contribution in [0.3, 0.4) is 0 Å². The lowest BCUT2D eigenvalue weighted by molar-refractivity contribution is -0.128. The molecule has 2 fully saturated rings. The number of hydrogen-bond acceptors (Lipinski definition) is 6. The van der Waals surface area contributed by atoms with Crippen molar-refractivity contribution in [3.8, 4) is 17.2 Å². The summed E-state index contributed by atoms with van der Waals surface area (Å²) in [6.07, 6.45) is 1.91. The van der Waals surface area contributed by atoms with E-state index in [4.69, 9.17) is 4.74 Å². The lowest BCUT2D eigenvalue weighted by Gasteiger charge is -2.35. The highest BCUT2D eigenvalue weighted by atomic mass is 19.1. The number of carbonyl (C=O) groups is 2. The Labute approximate surface area is 233 Å². The summed E-state index contributed by atoms with van der Waals surface area (Å²) in [5.74, 6) is -0.1000. The number of benzene rings is 2. The first-order valence-corrected chi connectivity index (χ1v) is 13.6. The van der Waals surface area contributed by atoms with Crippen molar-refractivity contribution in [3.63, 3.8) is 0 Å². The number of hydrogen-bond donors (Lipinski definition) is 2. The third-order valence-corrected chi connectivity index (χ3v) is 7.85. The lowest BCUT2D eigenvalue weighted by Crippen LogP contribution is -2.55. The number of amides is 2. The Morgan fingerprint density at radius 2 is 1.93 bits per heavy atom. The van der Waals surface area contributed by atoms with E-state index in [1.165, 1.54) is 11.0 Å². The SMILES string of the molecule is CNc1nc2cc(-c3ccc(C[C@@H](C#N)NC(=O)[C@@H]4[C@H]5CC[C@H](C5)N4C(=O)OC(C)(C)C)c(F)c3)ccc2n1C. The second-order valence-electron chi connectivity index (χ2n) is 11.7. The molecule has 2 aliphatic rings. The monoisotopic (exact) mass is 546 g/mol.